The first-order valence-electron chi connectivity index (χ1n) is 9.51. The van der Waals surface area contributed by atoms with Gasteiger partial charge in [-0.05, 0) is 26.3 Å². The molecule has 0 bridgehead atoms. The van der Waals surface area contributed by atoms with Crippen LogP contribution in [0.2, 0.25) is 0 Å². The number of thiophene rings is 1. The van der Waals surface area contributed by atoms with Crippen LogP contribution in [0, 0.1) is 6.92 Å². The summed E-state index contributed by atoms with van der Waals surface area (Å²) in [4.78, 5) is 16.8. The van der Waals surface area contributed by atoms with Crippen LogP contribution in [0.5, 0.6) is 0 Å². The summed E-state index contributed by atoms with van der Waals surface area (Å²) in [7, 11) is 0. The van der Waals surface area contributed by atoms with Gasteiger partial charge in [0.25, 0.3) is 5.56 Å². The number of morpholine rings is 1. The maximum Gasteiger partial charge on any atom is 0.291 e. The molecule has 7 heteroatoms. The summed E-state index contributed by atoms with van der Waals surface area (Å²) >= 11 is 1.72. The van der Waals surface area contributed by atoms with Crippen molar-refractivity contribution >= 4 is 32.5 Å². The number of aromatic nitrogens is 3. The summed E-state index contributed by atoms with van der Waals surface area (Å²) in [5.41, 5.74) is 1.83. The van der Waals surface area contributed by atoms with Crippen LogP contribution in [-0.2, 0) is 17.8 Å². The summed E-state index contributed by atoms with van der Waals surface area (Å²) in [6.45, 7) is 12.9. The molecule has 0 N–H and O–H groups in total. The van der Waals surface area contributed by atoms with Crippen molar-refractivity contribution in [2.24, 2.45) is 0 Å². The minimum Gasteiger partial charge on any atom is -0.379 e. The molecule has 0 amide bonds. The molecule has 1 aliphatic heterocycles. The first-order chi connectivity index (χ1) is 13.1. The molecule has 0 saturated carbocycles. The minimum atomic E-state index is -0.00965. The van der Waals surface area contributed by atoms with Crippen LogP contribution >= 0.6 is 11.3 Å². The number of aryl methyl sites for hydroxylation is 2. The molecular formula is C20H26N4O2S. The van der Waals surface area contributed by atoms with E-state index in [0.717, 1.165) is 53.8 Å². The Morgan fingerprint density at radius 2 is 2.19 bits per heavy atom. The Morgan fingerprint density at radius 3 is 2.93 bits per heavy atom. The van der Waals surface area contributed by atoms with Gasteiger partial charge in [-0.3, -0.25) is 9.69 Å². The highest BCUT2D eigenvalue weighted by Gasteiger charge is 2.19. The monoisotopic (exact) mass is 386 g/mol. The lowest BCUT2D eigenvalue weighted by molar-refractivity contribution is 0.0176. The molecule has 4 rings (SSSR count). The Hall–Kier alpha value is -1.96. The molecule has 1 atom stereocenters. The zero-order valence-corrected chi connectivity index (χ0v) is 16.8. The normalized spacial score (nSPS) is 17.0. The van der Waals surface area contributed by atoms with Crippen LogP contribution in [-0.4, -0.2) is 51.6 Å². The summed E-state index contributed by atoms with van der Waals surface area (Å²) < 4.78 is 10.3. The number of nitrogens with zero attached hydrogens (tertiary/aromatic N) is 4. The lowest BCUT2D eigenvalue weighted by atomic mass is 10.2. The second kappa shape index (κ2) is 7.58. The molecule has 3 aromatic rings. The van der Waals surface area contributed by atoms with Gasteiger partial charge < -0.3 is 9.30 Å². The third-order valence-corrected chi connectivity index (χ3v) is 6.47. The second-order valence-corrected chi connectivity index (χ2v) is 8.45. The van der Waals surface area contributed by atoms with E-state index in [0.29, 0.717) is 19.1 Å². The fraction of sp³-hybridized carbons (Fsp3) is 0.500. The fourth-order valence-electron chi connectivity index (χ4n) is 3.91. The number of fused-ring (bicyclic) bond motifs is 3. The lowest BCUT2D eigenvalue weighted by Gasteiger charge is -2.32. The number of hydrogen-bond donors (Lipinski definition) is 0. The van der Waals surface area contributed by atoms with Crippen LogP contribution in [0.1, 0.15) is 18.2 Å². The van der Waals surface area contributed by atoms with Gasteiger partial charge in [-0.2, -0.15) is 5.10 Å². The molecule has 3 aromatic heterocycles. The molecule has 4 heterocycles. The van der Waals surface area contributed by atoms with Gasteiger partial charge in [0.15, 0.2) is 0 Å². The second-order valence-electron chi connectivity index (χ2n) is 7.19. The average molecular weight is 387 g/mol. The van der Waals surface area contributed by atoms with Crippen LogP contribution < -0.4 is 5.56 Å². The minimum absolute atomic E-state index is 0.00965. The van der Waals surface area contributed by atoms with Gasteiger partial charge in [-0.25, -0.2) is 4.68 Å². The van der Waals surface area contributed by atoms with Gasteiger partial charge in [0.2, 0.25) is 0 Å². The van der Waals surface area contributed by atoms with Crippen molar-refractivity contribution in [2.75, 3.05) is 26.3 Å². The molecule has 0 radical (unpaired) electrons. The number of allylic oxidation sites excluding steroid dienone is 1. The van der Waals surface area contributed by atoms with Crippen LogP contribution in [0.3, 0.4) is 0 Å². The topological polar surface area (TPSA) is 52.3 Å². The standard InChI is InChI=1S/C20H26N4O2S/c1-4-6-23-17-12-15(3)27-19(17)16-13-21-24(20(25)18(16)23)7-5-14(2)22-8-10-26-11-9-22/h4,12-14H,1,5-11H2,2-3H3. The third-order valence-electron chi connectivity index (χ3n) is 5.40. The molecule has 0 aromatic carbocycles. The molecule has 1 fully saturated rings. The summed E-state index contributed by atoms with van der Waals surface area (Å²) in [5.74, 6) is 0. The van der Waals surface area contributed by atoms with Crippen LogP contribution in [0.15, 0.2) is 29.7 Å². The Kier molecular flexibility index (Phi) is 5.16. The molecule has 1 aliphatic rings. The Morgan fingerprint density at radius 1 is 1.41 bits per heavy atom. The van der Waals surface area contributed by atoms with Crippen LogP contribution in [0.25, 0.3) is 21.1 Å². The van der Waals surface area contributed by atoms with Crippen molar-refractivity contribution in [3.8, 4) is 0 Å². The lowest BCUT2D eigenvalue weighted by Crippen LogP contribution is -2.42. The Labute approximate surface area is 162 Å². The van der Waals surface area contributed by atoms with Crippen LogP contribution in [0.4, 0.5) is 0 Å². The fourth-order valence-corrected chi connectivity index (χ4v) is 4.93. The van der Waals surface area contributed by atoms with E-state index in [2.05, 4.69) is 41.1 Å². The van der Waals surface area contributed by atoms with Gasteiger partial charge >= 0.3 is 0 Å². The Balaban J connectivity index is 1.66. The predicted molar refractivity (Wildman–Crippen MR) is 111 cm³/mol. The molecule has 1 saturated heterocycles. The van der Waals surface area contributed by atoms with E-state index in [-0.39, 0.29) is 5.56 Å². The average Bonchev–Trinajstić information content (AvgIpc) is 3.18. The molecule has 27 heavy (non-hydrogen) atoms. The van der Waals surface area contributed by atoms with Crippen molar-refractivity contribution in [1.82, 2.24) is 19.2 Å². The zero-order chi connectivity index (χ0) is 19.0. The number of hydrogen-bond acceptors (Lipinski definition) is 5. The van der Waals surface area contributed by atoms with Crippen molar-refractivity contribution in [1.29, 1.82) is 0 Å². The van der Waals surface area contributed by atoms with Crippen molar-refractivity contribution in [3.63, 3.8) is 0 Å². The molecular weight excluding hydrogens is 360 g/mol. The zero-order valence-electron chi connectivity index (χ0n) is 16.0. The molecule has 0 spiro atoms. The summed E-state index contributed by atoms with van der Waals surface area (Å²) in [6, 6.07) is 2.55. The molecule has 1 unspecified atom stereocenters. The highest BCUT2D eigenvalue weighted by Crippen LogP contribution is 2.33. The van der Waals surface area contributed by atoms with Gasteiger partial charge in [0, 0.05) is 42.5 Å². The molecule has 0 aliphatic carbocycles. The smallest absolute Gasteiger partial charge is 0.291 e. The SMILES string of the molecule is C=CCn1c2cc(C)sc2c2cnn(CCC(C)N3CCOCC3)c(=O)c21. The van der Waals surface area contributed by atoms with Gasteiger partial charge in [0.1, 0.15) is 5.52 Å². The summed E-state index contributed by atoms with van der Waals surface area (Å²) in [6.07, 6.45) is 4.60. The van der Waals surface area contributed by atoms with Gasteiger partial charge in [0.05, 0.1) is 29.6 Å². The number of rotatable bonds is 6. The maximum atomic E-state index is 13.2. The highest BCUT2D eigenvalue weighted by atomic mass is 32.1. The van der Waals surface area contributed by atoms with E-state index >= 15 is 0 Å². The van der Waals surface area contributed by atoms with Gasteiger partial charge in [-0.1, -0.05) is 6.08 Å². The van der Waals surface area contributed by atoms with E-state index < -0.39 is 0 Å². The summed E-state index contributed by atoms with van der Waals surface area (Å²) in [5, 5.41) is 5.44. The molecule has 144 valence electrons. The van der Waals surface area contributed by atoms with E-state index in [1.54, 1.807) is 16.0 Å². The quantitative estimate of drug-likeness (QED) is 0.611. The number of ether oxygens (including phenoxy) is 1. The van der Waals surface area contributed by atoms with E-state index in [1.807, 2.05) is 12.3 Å². The van der Waals surface area contributed by atoms with Crippen molar-refractivity contribution in [2.45, 2.75) is 39.4 Å². The van der Waals surface area contributed by atoms with E-state index in [1.165, 1.54) is 4.88 Å². The van der Waals surface area contributed by atoms with E-state index in [9.17, 15) is 4.79 Å². The molecule has 6 nitrogen and oxygen atoms in total. The first-order valence-corrected chi connectivity index (χ1v) is 10.3. The third kappa shape index (κ3) is 3.35. The highest BCUT2D eigenvalue weighted by molar-refractivity contribution is 7.20. The van der Waals surface area contributed by atoms with E-state index in [4.69, 9.17) is 4.74 Å². The maximum absolute atomic E-state index is 13.2. The first kappa shape index (κ1) is 18.4. The van der Waals surface area contributed by atoms with Crippen molar-refractivity contribution in [3.05, 3.63) is 40.1 Å². The van der Waals surface area contributed by atoms with Crippen molar-refractivity contribution < 1.29 is 4.74 Å². The van der Waals surface area contributed by atoms with Gasteiger partial charge in [-0.15, -0.1) is 17.9 Å². The predicted octanol–water partition coefficient (Wildman–Crippen LogP) is 3.02. The Bertz CT molecular complexity index is 1030. The largest absolute Gasteiger partial charge is 0.379 e.